The molecule has 0 saturated heterocycles. The van der Waals surface area contributed by atoms with Gasteiger partial charge in [0.05, 0.1) is 17.0 Å². The van der Waals surface area contributed by atoms with Crippen LogP contribution in [0.15, 0.2) is 96.7 Å². The number of anilines is 1. The average molecular weight is 546 g/mol. The van der Waals surface area contributed by atoms with Crippen molar-refractivity contribution in [2.75, 3.05) is 11.1 Å². The highest BCUT2D eigenvalue weighted by molar-refractivity contribution is 7.99. The highest BCUT2D eigenvalue weighted by atomic mass is 35.5. The largest absolute Gasteiger partial charge is 0.325 e. The second-order valence-electron chi connectivity index (χ2n) is 8.13. The zero-order chi connectivity index (χ0) is 25.8. The molecule has 1 N–H and O–H groups in total. The van der Waals surface area contributed by atoms with Crippen LogP contribution in [0.5, 0.6) is 0 Å². The molecule has 0 radical (unpaired) electrons. The van der Waals surface area contributed by atoms with E-state index < -0.39 is 0 Å². The maximum atomic E-state index is 12.6. The third-order valence-electron chi connectivity index (χ3n) is 5.59. The first kappa shape index (κ1) is 25.0. The number of hydrogen-bond donors (Lipinski definition) is 1. The van der Waals surface area contributed by atoms with Gasteiger partial charge in [-0.2, -0.15) is 0 Å². The minimum atomic E-state index is -0.151. The number of para-hydroxylation sites is 1. The lowest BCUT2D eigenvalue weighted by atomic mass is 10.0. The molecule has 37 heavy (non-hydrogen) atoms. The number of benzene rings is 3. The van der Waals surface area contributed by atoms with E-state index in [0.29, 0.717) is 33.3 Å². The zero-order valence-electron chi connectivity index (χ0n) is 19.6. The zero-order valence-corrected chi connectivity index (χ0v) is 21.9. The second-order valence-corrected chi connectivity index (χ2v) is 9.94. The van der Waals surface area contributed by atoms with Crippen LogP contribution in [0.3, 0.4) is 0 Å². The van der Waals surface area contributed by atoms with Crippen molar-refractivity contribution in [3.05, 3.63) is 102 Å². The van der Waals surface area contributed by atoms with Crippen molar-refractivity contribution in [2.24, 2.45) is 0 Å². The van der Waals surface area contributed by atoms with Crippen LogP contribution in [-0.2, 0) is 11.3 Å². The molecule has 0 saturated carbocycles. The van der Waals surface area contributed by atoms with Crippen LogP contribution >= 0.6 is 35.0 Å². The predicted octanol–water partition coefficient (Wildman–Crippen LogP) is 7.38. The monoisotopic (exact) mass is 545 g/mol. The minimum absolute atomic E-state index is 0.151. The average Bonchev–Trinajstić information content (AvgIpc) is 3.31. The smallest absolute Gasteiger partial charge is 0.234 e. The molecule has 5 aromatic rings. The summed E-state index contributed by atoms with van der Waals surface area (Å²) in [5.74, 6) is 0.695. The molecule has 0 aliphatic rings. The fourth-order valence-electron chi connectivity index (χ4n) is 3.88. The fourth-order valence-corrected chi connectivity index (χ4v) is 4.88. The molecule has 5 rings (SSSR count). The maximum Gasteiger partial charge on any atom is 0.234 e. The lowest BCUT2D eigenvalue weighted by Crippen LogP contribution is -2.14. The molecular formula is C28H21Cl2N5OS. The van der Waals surface area contributed by atoms with Crippen LogP contribution in [-0.4, -0.2) is 31.4 Å². The number of allylic oxidation sites excluding steroid dienone is 1. The van der Waals surface area contributed by atoms with Crippen molar-refractivity contribution in [1.29, 1.82) is 0 Å². The van der Waals surface area contributed by atoms with Crippen LogP contribution in [0.25, 0.3) is 33.5 Å². The Labute approximate surface area is 228 Å². The Hall–Kier alpha value is -3.65. The number of halogens is 2. The van der Waals surface area contributed by atoms with Gasteiger partial charge in [0.2, 0.25) is 5.91 Å². The Morgan fingerprint density at radius 2 is 1.68 bits per heavy atom. The molecule has 184 valence electrons. The second kappa shape index (κ2) is 11.2. The standard InChI is InChI=1S/C28H21Cl2N5OS/c1-2-15-35-27(33-34-28(35)37-17-26(36)31-21-13-11-20(30)12-14-21)23-16-25(18-7-9-19(29)10-8-18)32-24-6-4-3-5-22(23)24/h2-14,16H,1,15,17H2,(H,31,36). The Kier molecular flexibility index (Phi) is 7.55. The summed E-state index contributed by atoms with van der Waals surface area (Å²) in [6.07, 6.45) is 1.79. The van der Waals surface area contributed by atoms with E-state index in [1.54, 1.807) is 30.3 Å². The summed E-state index contributed by atoms with van der Waals surface area (Å²) in [5.41, 5.74) is 4.16. The summed E-state index contributed by atoms with van der Waals surface area (Å²) in [4.78, 5) is 17.4. The first-order valence-corrected chi connectivity index (χ1v) is 13.1. The third-order valence-corrected chi connectivity index (χ3v) is 7.06. The molecule has 1 amide bonds. The van der Waals surface area contributed by atoms with E-state index in [-0.39, 0.29) is 11.7 Å². The molecule has 0 bridgehead atoms. The third kappa shape index (κ3) is 5.69. The molecule has 0 atom stereocenters. The summed E-state index contributed by atoms with van der Waals surface area (Å²) in [7, 11) is 0. The van der Waals surface area contributed by atoms with E-state index in [9.17, 15) is 4.79 Å². The van der Waals surface area contributed by atoms with Gasteiger partial charge in [-0.1, -0.05) is 71.4 Å². The highest BCUT2D eigenvalue weighted by Gasteiger charge is 2.19. The number of nitrogens with one attached hydrogen (secondary N) is 1. The molecule has 2 heterocycles. The van der Waals surface area contributed by atoms with Gasteiger partial charge in [0, 0.05) is 38.8 Å². The summed E-state index contributed by atoms with van der Waals surface area (Å²) in [6, 6.07) is 24.5. The van der Waals surface area contributed by atoms with E-state index in [1.165, 1.54) is 11.8 Å². The number of carbonyl (C=O) groups is 1. The van der Waals surface area contributed by atoms with Crippen molar-refractivity contribution >= 4 is 57.5 Å². The van der Waals surface area contributed by atoms with Gasteiger partial charge in [0.15, 0.2) is 11.0 Å². The van der Waals surface area contributed by atoms with Gasteiger partial charge in [0.1, 0.15) is 0 Å². The van der Waals surface area contributed by atoms with Crippen molar-refractivity contribution in [2.45, 2.75) is 11.7 Å². The van der Waals surface area contributed by atoms with Crippen molar-refractivity contribution < 1.29 is 4.79 Å². The van der Waals surface area contributed by atoms with Crippen LogP contribution in [0.4, 0.5) is 5.69 Å². The lowest BCUT2D eigenvalue weighted by Gasteiger charge is -2.12. The van der Waals surface area contributed by atoms with Crippen LogP contribution in [0, 0.1) is 0 Å². The number of pyridine rings is 1. The van der Waals surface area contributed by atoms with E-state index in [4.69, 9.17) is 28.2 Å². The number of carbonyl (C=O) groups excluding carboxylic acids is 1. The van der Waals surface area contributed by atoms with E-state index in [1.807, 2.05) is 59.2 Å². The molecule has 0 aliphatic carbocycles. The van der Waals surface area contributed by atoms with E-state index in [0.717, 1.165) is 27.7 Å². The van der Waals surface area contributed by atoms with Crippen molar-refractivity contribution in [3.8, 4) is 22.6 Å². The Bertz CT molecular complexity index is 1580. The summed E-state index contributed by atoms with van der Waals surface area (Å²) in [5, 5.41) is 14.7. The van der Waals surface area contributed by atoms with Gasteiger partial charge >= 0.3 is 0 Å². The van der Waals surface area contributed by atoms with E-state index in [2.05, 4.69) is 22.1 Å². The fraction of sp³-hybridized carbons (Fsp3) is 0.0714. The number of rotatable bonds is 8. The Morgan fingerprint density at radius 3 is 2.41 bits per heavy atom. The van der Waals surface area contributed by atoms with E-state index >= 15 is 0 Å². The SMILES string of the molecule is C=CCn1c(SCC(=O)Nc2ccc(Cl)cc2)nnc1-c1cc(-c2ccc(Cl)cc2)nc2ccccc12. The quantitative estimate of drug-likeness (QED) is 0.162. The summed E-state index contributed by atoms with van der Waals surface area (Å²) >= 11 is 13.3. The first-order chi connectivity index (χ1) is 18.0. The van der Waals surface area contributed by atoms with Gasteiger partial charge in [0.25, 0.3) is 0 Å². The molecule has 0 aliphatic heterocycles. The molecule has 0 spiro atoms. The van der Waals surface area contributed by atoms with Gasteiger partial charge in [-0.3, -0.25) is 9.36 Å². The Morgan fingerprint density at radius 1 is 0.973 bits per heavy atom. The van der Waals surface area contributed by atoms with Crippen LogP contribution in [0.1, 0.15) is 0 Å². The summed E-state index contributed by atoms with van der Waals surface area (Å²) < 4.78 is 1.96. The molecule has 0 fully saturated rings. The maximum absolute atomic E-state index is 12.6. The van der Waals surface area contributed by atoms with Gasteiger partial charge in [-0.15, -0.1) is 16.8 Å². The van der Waals surface area contributed by atoms with Crippen molar-refractivity contribution in [3.63, 3.8) is 0 Å². The Balaban J connectivity index is 1.48. The topological polar surface area (TPSA) is 72.7 Å². The number of nitrogens with zero attached hydrogens (tertiary/aromatic N) is 4. The highest BCUT2D eigenvalue weighted by Crippen LogP contribution is 2.33. The lowest BCUT2D eigenvalue weighted by molar-refractivity contribution is -0.113. The molecular weight excluding hydrogens is 525 g/mol. The molecule has 2 aromatic heterocycles. The first-order valence-electron chi connectivity index (χ1n) is 11.4. The predicted molar refractivity (Wildman–Crippen MR) is 152 cm³/mol. The van der Waals surface area contributed by atoms with Gasteiger partial charge < -0.3 is 5.32 Å². The van der Waals surface area contributed by atoms with Gasteiger partial charge in [-0.25, -0.2) is 4.98 Å². The molecule has 3 aromatic carbocycles. The number of amides is 1. The van der Waals surface area contributed by atoms with Crippen LogP contribution < -0.4 is 5.32 Å². The van der Waals surface area contributed by atoms with Crippen molar-refractivity contribution in [1.82, 2.24) is 19.7 Å². The number of hydrogen-bond acceptors (Lipinski definition) is 5. The molecule has 9 heteroatoms. The molecule has 0 unspecified atom stereocenters. The molecule has 6 nitrogen and oxygen atoms in total. The number of fused-ring (bicyclic) bond motifs is 1. The van der Waals surface area contributed by atoms with Crippen LogP contribution in [0.2, 0.25) is 10.0 Å². The summed E-state index contributed by atoms with van der Waals surface area (Å²) in [6.45, 7) is 4.39. The normalized spacial score (nSPS) is 11.0. The number of aromatic nitrogens is 4. The number of thioether (sulfide) groups is 1. The minimum Gasteiger partial charge on any atom is -0.325 e. The van der Waals surface area contributed by atoms with Gasteiger partial charge in [-0.05, 0) is 48.5 Å².